The number of anilines is 1. The summed E-state index contributed by atoms with van der Waals surface area (Å²) in [7, 11) is 0. The van der Waals surface area contributed by atoms with E-state index < -0.39 is 0 Å². The van der Waals surface area contributed by atoms with Crippen molar-refractivity contribution < 1.29 is 4.92 Å². The van der Waals surface area contributed by atoms with Crippen LogP contribution in [0.4, 0.5) is 11.4 Å². The SMILES string of the molecule is Cc1cccc([N+](=O)[O-])c1NC1CCCC1. The lowest BCUT2D eigenvalue weighted by molar-refractivity contribution is -0.384. The Bertz CT molecular complexity index is 398. The molecule has 1 saturated carbocycles. The van der Waals surface area contributed by atoms with Crippen molar-refractivity contribution in [2.45, 2.75) is 38.6 Å². The van der Waals surface area contributed by atoms with E-state index in [0.717, 1.165) is 18.4 Å². The summed E-state index contributed by atoms with van der Waals surface area (Å²) in [5, 5.41) is 14.2. The van der Waals surface area contributed by atoms with Crippen molar-refractivity contribution in [2.24, 2.45) is 0 Å². The van der Waals surface area contributed by atoms with Gasteiger partial charge < -0.3 is 5.32 Å². The summed E-state index contributed by atoms with van der Waals surface area (Å²) in [6, 6.07) is 5.60. The molecule has 0 saturated heterocycles. The van der Waals surface area contributed by atoms with Crippen LogP contribution in [0.15, 0.2) is 18.2 Å². The van der Waals surface area contributed by atoms with E-state index in [9.17, 15) is 10.1 Å². The smallest absolute Gasteiger partial charge is 0.292 e. The molecular weight excluding hydrogens is 204 g/mol. The maximum absolute atomic E-state index is 10.9. The van der Waals surface area contributed by atoms with Crippen LogP contribution >= 0.6 is 0 Å². The van der Waals surface area contributed by atoms with E-state index in [-0.39, 0.29) is 10.6 Å². The summed E-state index contributed by atoms with van der Waals surface area (Å²) in [5.41, 5.74) is 1.83. The molecule has 4 heteroatoms. The summed E-state index contributed by atoms with van der Waals surface area (Å²) in [5.74, 6) is 0. The minimum Gasteiger partial charge on any atom is -0.377 e. The van der Waals surface area contributed by atoms with Gasteiger partial charge in [-0.25, -0.2) is 0 Å². The fourth-order valence-electron chi connectivity index (χ4n) is 2.27. The van der Waals surface area contributed by atoms with Crippen LogP contribution in [0, 0.1) is 17.0 Å². The second-order valence-electron chi connectivity index (χ2n) is 4.35. The summed E-state index contributed by atoms with van der Waals surface area (Å²) >= 11 is 0. The van der Waals surface area contributed by atoms with Gasteiger partial charge in [-0.15, -0.1) is 0 Å². The van der Waals surface area contributed by atoms with E-state index in [1.54, 1.807) is 12.1 Å². The van der Waals surface area contributed by atoms with Gasteiger partial charge in [-0.05, 0) is 25.3 Å². The minimum absolute atomic E-state index is 0.187. The third kappa shape index (κ3) is 2.15. The van der Waals surface area contributed by atoms with Crippen LogP contribution in [-0.2, 0) is 0 Å². The van der Waals surface area contributed by atoms with E-state index in [1.807, 2.05) is 13.0 Å². The highest BCUT2D eigenvalue weighted by Gasteiger charge is 2.20. The fraction of sp³-hybridized carbons (Fsp3) is 0.500. The first-order valence-electron chi connectivity index (χ1n) is 5.69. The fourth-order valence-corrected chi connectivity index (χ4v) is 2.27. The zero-order chi connectivity index (χ0) is 11.5. The van der Waals surface area contributed by atoms with Gasteiger partial charge in [0.25, 0.3) is 5.69 Å². The molecule has 0 atom stereocenters. The number of nitro groups is 1. The van der Waals surface area contributed by atoms with E-state index in [4.69, 9.17) is 0 Å². The average Bonchev–Trinajstić information content (AvgIpc) is 2.73. The molecule has 1 N–H and O–H groups in total. The maximum Gasteiger partial charge on any atom is 0.292 e. The average molecular weight is 220 g/mol. The zero-order valence-electron chi connectivity index (χ0n) is 9.40. The molecule has 0 amide bonds. The predicted octanol–water partition coefficient (Wildman–Crippen LogP) is 3.26. The number of aryl methyl sites for hydroxylation is 1. The van der Waals surface area contributed by atoms with Crippen LogP contribution in [0.2, 0.25) is 0 Å². The van der Waals surface area contributed by atoms with E-state index in [2.05, 4.69) is 5.32 Å². The van der Waals surface area contributed by atoms with Crippen molar-refractivity contribution in [1.29, 1.82) is 0 Å². The second-order valence-corrected chi connectivity index (χ2v) is 4.35. The molecule has 0 heterocycles. The molecule has 0 spiro atoms. The van der Waals surface area contributed by atoms with Crippen LogP contribution in [-0.4, -0.2) is 11.0 Å². The number of benzene rings is 1. The van der Waals surface area contributed by atoms with Gasteiger partial charge in [0, 0.05) is 12.1 Å². The largest absolute Gasteiger partial charge is 0.377 e. The number of hydrogen-bond donors (Lipinski definition) is 1. The number of rotatable bonds is 3. The summed E-state index contributed by atoms with van der Waals surface area (Å²) in [6.45, 7) is 1.91. The summed E-state index contributed by atoms with van der Waals surface area (Å²) in [6.07, 6.45) is 4.67. The van der Waals surface area contributed by atoms with E-state index >= 15 is 0 Å². The first-order valence-corrected chi connectivity index (χ1v) is 5.69. The van der Waals surface area contributed by atoms with Crippen molar-refractivity contribution in [2.75, 3.05) is 5.32 Å². The molecule has 2 rings (SSSR count). The molecule has 1 aromatic carbocycles. The Labute approximate surface area is 94.8 Å². The Morgan fingerprint density at radius 1 is 1.38 bits per heavy atom. The first-order chi connectivity index (χ1) is 7.68. The summed E-state index contributed by atoms with van der Waals surface area (Å²) in [4.78, 5) is 10.6. The molecule has 0 bridgehead atoms. The van der Waals surface area contributed by atoms with Crippen LogP contribution < -0.4 is 5.32 Å². The highest BCUT2D eigenvalue weighted by molar-refractivity contribution is 5.66. The van der Waals surface area contributed by atoms with Gasteiger partial charge in [-0.1, -0.05) is 25.0 Å². The standard InChI is InChI=1S/C12H16N2O2/c1-9-5-4-8-11(14(15)16)12(9)13-10-6-2-3-7-10/h4-5,8,10,13H,2-3,6-7H2,1H3. The number of nitro benzene ring substituents is 1. The number of para-hydroxylation sites is 1. The highest BCUT2D eigenvalue weighted by Crippen LogP contribution is 2.31. The third-order valence-corrected chi connectivity index (χ3v) is 3.15. The van der Waals surface area contributed by atoms with Crippen molar-refractivity contribution in [3.05, 3.63) is 33.9 Å². The maximum atomic E-state index is 10.9. The van der Waals surface area contributed by atoms with Crippen LogP contribution in [0.3, 0.4) is 0 Å². The molecule has 1 aliphatic carbocycles. The topological polar surface area (TPSA) is 55.2 Å². The quantitative estimate of drug-likeness (QED) is 0.628. The van der Waals surface area contributed by atoms with E-state index in [0.29, 0.717) is 11.7 Å². The van der Waals surface area contributed by atoms with Crippen molar-refractivity contribution in [3.63, 3.8) is 0 Å². The Hall–Kier alpha value is -1.58. The van der Waals surface area contributed by atoms with Gasteiger partial charge in [0.2, 0.25) is 0 Å². The molecule has 1 aromatic rings. The molecule has 0 aliphatic heterocycles. The molecule has 4 nitrogen and oxygen atoms in total. The van der Waals surface area contributed by atoms with Crippen LogP contribution in [0.5, 0.6) is 0 Å². The Kier molecular flexibility index (Phi) is 3.08. The van der Waals surface area contributed by atoms with Crippen molar-refractivity contribution in [1.82, 2.24) is 0 Å². The lowest BCUT2D eigenvalue weighted by Gasteiger charge is -2.15. The van der Waals surface area contributed by atoms with Crippen molar-refractivity contribution in [3.8, 4) is 0 Å². The van der Waals surface area contributed by atoms with Gasteiger partial charge in [0.05, 0.1) is 4.92 Å². The second kappa shape index (κ2) is 4.51. The molecule has 0 aromatic heterocycles. The van der Waals surface area contributed by atoms with Gasteiger partial charge in [0.15, 0.2) is 0 Å². The summed E-state index contributed by atoms with van der Waals surface area (Å²) < 4.78 is 0. The molecular formula is C12H16N2O2. The Morgan fingerprint density at radius 3 is 2.69 bits per heavy atom. The molecule has 0 unspecified atom stereocenters. The molecule has 86 valence electrons. The van der Waals surface area contributed by atoms with E-state index in [1.165, 1.54) is 12.8 Å². The number of nitrogens with one attached hydrogen (secondary N) is 1. The zero-order valence-corrected chi connectivity index (χ0v) is 9.40. The lowest BCUT2D eigenvalue weighted by Crippen LogP contribution is -2.16. The van der Waals surface area contributed by atoms with Gasteiger partial charge in [0.1, 0.15) is 5.69 Å². The lowest BCUT2D eigenvalue weighted by atomic mass is 10.1. The third-order valence-electron chi connectivity index (χ3n) is 3.15. The number of nitrogens with zero attached hydrogens (tertiary/aromatic N) is 1. The van der Waals surface area contributed by atoms with Gasteiger partial charge in [-0.3, -0.25) is 10.1 Å². The first kappa shape index (κ1) is 10.9. The molecule has 16 heavy (non-hydrogen) atoms. The predicted molar refractivity (Wildman–Crippen MR) is 63.7 cm³/mol. The Balaban J connectivity index is 2.26. The highest BCUT2D eigenvalue weighted by atomic mass is 16.6. The van der Waals surface area contributed by atoms with Crippen LogP contribution in [0.1, 0.15) is 31.2 Å². The minimum atomic E-state index is -0.315. The normalized spacial score (nSPS) is 16.3. The van der Waals surface area contributed by atoms with Gasteiger partial charge >= 0.3 is 0 Å². The Morgan fingerprint density at radius 2 is 2.06 bits per heavy atom. The molecule has 0 radical (unpaired) electrons. The van der Waals surface area contributed by atoms with Gasteiger partial charge in [-0.2, -0.15) is 0 Å². The number of hydrogen-bond acceptors (Lipinski definition) is 3. The molecule has 1 aliphatic rings. The molecule has 1 fully saturated rings. The van der Waals surface area contributed by atoms with Crippen molar-refractivity contribution >= 4 is 11.4 Å². The van der Waals surface area contributed by atoms with Crippen LogP contribution in [0.25, 0.3) is 0 Å². The monoisotopic (exact) mass is 220 g/mol.